The molecule has 3 rings (SSSR count). The summed E-state index contributed by atoms with van der Waals surface area (Å²) in [6.45, 7) is 1.49. The van der Waals surface area contributed by atoms with Gasteiger partial charge in [0.1, 0.15) is 12.1 Å². The Labute approximate surface area is 116 Å². The Morgan fingerprint density at radius 2 is 2.15 bits per heavy atom. The van der Waals surface area contributed by atoms with E-state index >= 15 is 0 Å². The van der Waals surface area contributed by atoms with Crippen LogP contribution in [0.25, 0.3) is 0 Å². The van der Waals surface area contributed by atoms with Crippen molar-refractivity contribution in [3.8, 4) is 17.2 Å². The molecule has 0 aliphatic carbocycles. The Balaban J connectivity index is 1.53. The number of phenolic OH excluding ortho intramolecular Hbond substituents is 1. The van der Waals surface area contributed by atoms with E-state index in [-0.39, 0.29) is 12.5 Å². The molecule has 0 amide bonds. The number of rotatable bonds is 5. The second kappa shape index (κ2) is 5.38. The van der Waals surface area contributed by atoms with Crippen LogP contribution in [-0.4, -0.2) is 33.2 Å². The molecule has 2 aromatic rings. The van der Waals surface area contributed by atoms with Gasteiger partial charge in [-0.05, 0) is 6.07 Å². The van der Waals surface area contributed by atoms with Gasteiger partial charge in [0.25, 0.3) is 0 Å². The van der Waals surface area contributed by atoms with E-state index in [1.165, 1.54) is 0 Å². The van der Waals surface area contributed by atoms with Crippen LogP contribution in [0.5, 0.6) is 17.2 Å². The predicted octanol–water partition coefficient (Wildman–Crippen LogP) is 0.582. The van der Waals surface area contributed by atoms with Gasteiger partial charge < -0.3 is 19.9 Å². The molecular weight excluding hydrogens is 260 g/mol. The normalized spacial score (nSPS) is 12.8. The Hall–Kier alpha value is -2.28. The molecule has 0 spiro atoms. The maximum absolute atomic E-state index is 9.89. The second-order valence-corrected chi connectivity index (χ2v) is 4.60. The van der Waals surface area contributed by atoms with Gasteiger partial charge in [0, 0.05) is 38.2 Å². The first-order chi connectivity index (χ1) is 9.72. The van der Waals surface area contributed by atoms with Gasteiger partial charge in [-0.1, -0.05) is 0 Å². The van der Waals surface area contributed by atoms with Crippen LogP contribution in [0.2, 0.25) is 0 Å². The van der Waals surface area contributed by atoms with Crippen molar-refractivity contribution in [1.29, 1.82) is 0 Å². The highest BCUT2D eigenvalue weighted by molar-refractivity contribution is 5.51. The first kappa shape index (κ1) is 12.7. The number of benzene rings is 1. The van der Waals surface area contributed by atoms with Gasteiger partial charge in [-0.15, -0.1) is 0 Å². The molecule has 1 aromatic heterocycles. The molecular formula is C13H16N4O3. The van der Waals surface area contributed by atoms with Crippen molar-refractivity contribution in [3.05, 3.63) is 29.8 Å². The standard InChI is InChI=1S/C13H16N4O3/c1-17-7-15-13(16-17)2-3-14-6-9-4-11-12(5-10(9)18)20-8-19-11/h4-5,7,14,18H,2-3,6,8H2,1H3. The Morgan fingerprint density at radius 3 is 2.90 bits per heavy atom. The number of hydrogen-bond donors (Lipinski definition) is 2. The molecule has 0 saturated heterocycles. The molecule has 106 valence electrons. The molecule has 1 aliphatic heterocycles. The lowest BCUT2D eigenvalue weighted by Gasteiger charge is -2.07. The van der Waals surface area contributed by atoms with Gasteiger partial charge >= 0.3 is 0 Å². The van der Waals surface area contributed by atoms with Crippen LogP contribution >= 0.6 is 0 Å². The highest BCUT2D eigenvalue weighted by Gasteiger charge is 2.16. The van der Waals surface area contributed by atoms with Gasteiger partial charge in [0.15, 0.2) is 17.3 Å². The van der Waals surface area contributed by atoms with Gasteiger partial charge in [0.2, 0.25) is 6.79 Å². The predicted molar refractivity (Wildman–Crippen MR) is 70.6 cm³/mol. The van der Waals surface area contributed by atoms with Crippen molar-refractivity contribution in [2.24, 2.45) is 7.05 Å². The van der Waals surface area contributed by atoms with Crippen LogP contribution in [0.1, 0.15) is 11.4 Å². The van der Waals surface area contributed by atoms with Crippen LogP contribution in [-0.2, 0) is 20.0 Å². The van der Waals surface area contributed by atoms with E-state index in [0.717, 1.165) is 24.4 Å². The molecule has 7 nitrogen and oxygen atoms in total. The zero-order chi connectivity index (χ0) is 13.9. The van der Waals surface area contributed by atoms with E-state index in [4.69, 9.17) is 9.47 Å². The van der Waals surface area contributed by atoms with Crippen LogP contribution in [0.3, 0.4) is 0 Å². The highest BCUT2D eigenvalue weighted by atomic mass is 16.7. The fourth-order valence-corrected chi connectivity index (χ4v) is 2.04. The van der Waals surface area contributed by atoms with Crippen molar-refractivity contribution >= 4 is 0 Å². The van der Waals surface area contributed by atoms with Gasteiger partial charge in [-0.2, -0.15) is 5.10 Å². The van der Waals surface area contributed by atoms with Crippen molar-refractivity contribution in [2.45, 2.75) is 13.0 Å². The molecule has 0 saturated carbocycles. The van der Waals surface area contributed by atoms with Crippen molar-refractivity contribution in [1.82, 2.24) is 20.1 Å². The molecule has 1 aliphatic rings. The van der Waals surface area contributed by atoms with Gasteiger partial charge in [0.05, 0.1) is 0 Å². The minimum Gasteiger partial charge on any atom is -0.507 e. The van der Waals surface area contributed by atoms with Gasteiger partial charge in [-0.25, -0.2) is 4.98 Å². The SMILES string of the molecule is Cn1cnc(CCNCc2cc3c(cc2O)OCO3)n1. The molecule has 0 bridgehead atoms. The number of aromatic nitrogens is 3. The van der Waals surface area contributed by atoms with E-state index in [2.05, 4.69) is 15.4 Å². The highest BCUT2D eigenvalue weighted by Crippen LogP contribution is 2.37. The Bertz CT molecular complexity index is 612. The number of aryl methyl sites for hydroxylation is 1. The summed E-state index contributed by atoms with van der Waals surface area (Å²) in [6, 6.07) is 3.38. The molecule has 1 aromatic carbocycles. The Kier molecular flexibility index (Phi) is 3.42. The van der Waals surface area contributed by atoms with E-state index in [1.54, 1.807) is 23.1 Å². The molecule has 7 heteroatoms. The van der Waals surface area contributed by atoms with E-state index in [1.807, 2.05) is 7.05 Å². The lowest BCUT2D eigenvalue weighted by molar-refractivity contribution is 0.174. The molecule has 2 heterocycles. The maximum Gasteiger partial charge on any atom is 0.231 e. The topological polar surface area (TPSA) is 81.4 Å². The number of phenols is 1. The first-order valence-electron chi connectivity index (χ1n) is 6.39. The summed E-state index contributed by atoms with van der Waals surface area (Å²) in [4.78, 5) is 4.15. The molecule has 0 unspecified atom stereocenters. The fraction of sp³-hybridized carbons (Fsp3) is 0.385. The summed E-state index contributed by atoms with van der Waals surface area (Å²) in [6.07, 6.45) is 2.42. The number of nitrogens with zero attached hydrogens (tertiary/aromatic N) is 3. The molecule has 20 heavy (non-hydrogen) atoms. The third-order valence-corrected chi connectivity index (χ3v) is 3.06. The summed E-state index contributed by atoms with van der Waals surface area (Å²) >= 11 is 0. The fourth-order valence-electron chi connectivity index (χ4n) is 2.04. The number of hydrogen-bond acceptors (Lipinski definition) is 6. The number of nitrogens with one attached hydrogen (secondary N) is 1. The molecule has 2 N–H and O–H groups in total. The van der Waals surface area contributed by atoms with Gasteiger partial charge in [-0.3, -0.25) is 4.68 Å². The quantitative estimate of drug-likeness (QED) is 0.778. The lowest BCUT2D eigenvalue weighted by Crippen LogP contribution is -2.17. The third-order valence-electron chi connectivity index (χ3n) is 3.06. The molecule has 0 atom stereocenters. The summed E-state index contributed by atoms with van der Waals surface area (Å²) in [5.74, 6) is 2.27. The van der Waals surface area contributed by atoms with E-state index in [0.29, 0.717) is 18.0 Å². The third kappa shape index (κ3) is 2.67. The number of aromatic hydroxyl groups is 1. The largest absolute Gasteiger partial charge is 0.507 e. The zero-order valence-corrected chi connectivity index (χ0v) is 11.2. The average molecular weight is 276 g/mol. The summed E-state index contributed by atoms with van der Waals surface area (Å²) < 4.78 is 12.2. The molecule has 0 radical (unpaired) electrons. The minimum atomic E-state index is 0.205. The lowest BCUT2D eigenvalue weighted by atomic mass is 10.1. The number of ether oxygens (including phenoxy) is 2. The van der Waals surface area contributed by atoms with Crippen molar-refractivity contribution in [2.75, 3.05) is 13.3 Å². The summed E-state index contributed by atoms with van der Waals surface area (Å²) in [7, 11) is 1.84. The minimum absolute atomic E-state index is 0.205. The molecule has 0 fully saturated rings. The van der Waals surface area contributed by atoms with E-state index in [9.17, 15) is 5.11 Å². The van der Waals surface area contributed by atoms with E-state index < -0.39 is 0 Å². The second-order valence-electron chi connectivity index (χ2n) is 4.60. The van der Waals surface area contributed by atoms with Crippen molar-refractivity contribution in [3.63, 3.8) is 0 Å². The maximum atomic E-state index is 9.89. The zero-order valence-electron chi connectivity index (χ0n) is 11.2. The summed E-state index contributed by atoms with van der Waals surface area (Å²) in [5.41, 5.74) is 0.781. The smallest absolute Gasteiger partial charge is 0.231 e. The summed E-state index contributed by atoms with van der Waals surface area (Å²) in [5, 5.41) is 17.3. The van der Waals surface area contributed by atoms with Crippen LogP contribution in [0, 0.1) is 0 Å². The average Bonchev–Trinajstić information content (AvgIpc) is 3.03. The Morgan fingerprint density at radius 1 is 1.35 bits per heavy atom. The first-order valence-corrected chi connectivity index (χ1v) is 6.39. The van der Waals surface area contributed by atoms with Crippen molar-refractivity contribution < 1.29 is 14.6 Å². The van der Waals surface area contributed by atoms with Crippen LogP contribution in [0.4, 0.5) is 0 Å². The monoisotopic (exact) mass is 276 g/mol. The number of fused-ring (bicyclic) bond motifs is 1. The van der Waals surface area contributed by atoms with Crippen LogP contribution < -0.4 is 14.8 Å². The van der Waals surface area contributed by atoms with Crippen LogP contribution in [0.15, 0.2) is 18.5 Å².